The van der Waals surface area contributed by atoms with Gasteiger partial charge in [-0.05, 0) is 19.1 Å². The van der Waals surface area contributed by atoms with E-state index in [9.17, 15) is 4.39 Å². The highest BCUT2D eigenvalue weighted by atomic mass is 19.1. The Bertz CT molecular complexity index is 346. The molecule has 2 rings (SSSR count). The lowest BCUT2D eigenvalue weighted by molar-refractivity contribution is 0.192. The third-order valence-electron chi connectivity index (χ3n) is 2.77. The Morgan fingerprint density at radius 3 is 3.19 bits per heavy atom. The smallest absolute Gasteiger partial charge is 0.228 e. The molecule has 1 heterocycles. The molecule has 1 aliphatic heterocycles. The van der Waals surface area contributed by atoms with Crippen molar-refractivity contribution < 1.29 is 9.13 Å². The van der Waals surface area contributed by atoms with Gasteiger partial charge in [-0.2, -0.15) is 0 Å². The zero-order valence-electron chi connectivity index (χ0n) is 9.45. The van der Waals surface area contributed by atoms with Gasteiger partial charge in [0, 0.05) is 37.4 Å². The summed E-state index contributed by atoms with van der Waals surface area (Å²) in [5.74, 6) is 0.589. The first-order chi connectivity index (χ1) is 7.79. The SMILES string of the molecule is C[C@@H]1CN(c2cccc(OCF)c2)CCN1. The Morgan fingerprint density at radius 2 is 2.44 bits per heavy atom. The molecule has 1 saturated heterocycles. The highest BCUT2D eigenvalue weighted by Gasteiger charge is 2.15. The van der Waals surface area contributed by atoms with Crippen LogP contribution in [0.2, 0.25) is 0 Å². The molecule has 88 valence electrons. The molecule has 1 N–H and O–H groups in total. The van der Waals surface area contributed by atoms with Crippen molar-refractivity contribution in [3.8, 4) is 5.75 Å². The van der Waals surface area contributed by atoms with E-state index in [0.29, 0.717) is 11.8 Å². The fourth-order valence-electron chi connectivity index (χ4n) is 2.00. The van der Waals surface area contributed by atoms with Crippen LogP contribution < -0.4 is 15.0 Å². The number of alkyl halides is 1. The number of anilines is 1. The number of hydrogen-bond donors (Lipinski definition) is 1. The van der Waals surface area contributed by atoms with E-state index in [1.807, 2.05) is 18.2 Å². The molecule has 0 unspecified atom stereocenters. The summed E-state index contributed by atoms with van der Waals surface area (Å²) in [4.78, 5) is 2.28. The Kier molecular flexibility index (Phi) is 3.62. The van der Waals surface area contributed by atoms with Crippen LogP contribution in [0.5, 0.6) is 5.75 Å². The van der Waals surface area contributed by atoms with Crippen LogP contribution in [0, 0.1) is 0 Å². The maximum atomic E-state index is 12.1. The van der Waals surface area contributed by atoms with Gasteiger partial charge in [0.15, 0.2) is 0 Å². The van der Waals surface area contributed by atoms with E-state index in [-0.39, 0.29) is 0 Å². The van der Waals surface area contributed by atoms with Crippen molar-refractivity contribution >= 4 is 5.69 Å². The van der Waals surface area contributed by atoms with E-state index >= 15 is 0 Å². The Balaban J connectivity index is 2.09. The quantitative estimate of drug-likeness (QED) is 0.847. The van der Waals surface area contributed by atoms with Crippen molar-refractivity contribution in [2.24, 2.45) is 0 Å². The van der Waals surface area contributed by atoms with Crippen LogP contribution in [0.3, 0.4) is 0 Å². The number of benzene rings is 1. The summed E-state index contributed by atoms with van der Waals surface area (Å²) in [6, 6.07) is 8.07. The van der Waals surface area contributed by atoms with Gasteiger partial charge >= 0.3 is 0 Å². The topological polar surface area (TPSA) is 24.5 Å². The monoisotopic (exact) mass is 224 g/mol. The van der Waals surface area contributed by atoms with Gasteiger partial charge in [0.2, 0.25) is 6.86 Å². The summed E-state index contributed by atoms with van der Waals surface area (Å²) in [5, 5.41) is 3.39. The lowest BCUT2D eigenvalue weighted by Gasteiger charge is -2.33. The van der Waals surface area contributed by atoms with Gasteiger partial charge in [-0.15, -0.1) is 0 Å². The van der Waals surface area contributed by atoms with Crippen LogP contribution in [0.25, 0.3) is 0 Å². The molecule has 1 aliphatic rings. The van der Waals surface area contributed by atoms with Crippen molar-refractivity contribution in [2.75, 3.05) is 31.4 Å². The molecule has 0 amide bonds. The van der Waals surface area contributed by atoms with Gasteiger partial charge in [-0.25, -0.2) is 4.39 Å². The normalized spacial score (nSPS) is 20.9. The molecule has 16 heavy (non-hydrogen) atoms. The van der Waals surface area contributed by atoms with Crippen LogP contribution in [-0.2, 0) is 0 Å². The van der Waals surface area contributed by atoms with Gasteiger partial charge in [0.25, 0.3) is 0 Å². The zero-order chi connectivity index (χ0) is 11.4. The summed E-state index contributed by atoms with van der Waals surface area (Å²) in [5.41, 5.74) is 1.10. The maximum Gasteiger partial charge on any atom is 0.228 e. The van der Waals surface area contributed by atoms with E-state index in [1.54, 1.807) is 6.07 Å². The second-order valence-electron chi connectivity index (χ2n) is 4.05. The number of halogens is 1. The molecule has 4 heteroatoms. The lowest BCUT2D eigenvalue weighted by Crippen LogP contribution is -2.49. The number of nitrogens with zero attached hydrogens (tertiary/aromatic N) is 1. The van der Waals surface area contributed by atoms with Crippen molar-refractivity contribution in [1.29, 1.82) is 0 Å². The van der Waals surface area contributed by atoms with E-state index in [4.69, 9.17) is 4.74 Å². The molecule has 0 saturated carbocycles. The fraction of sp³-hybridized carbons (Fsp3) is 0.500. The molecule has 0 aromatic heterocycles. The second-order valence-corrected chi connectivity index (χ2v) is 4.05. The molecule has 1 aromatic carbocycles. The third-order valence-corrected chi connectivity index (χ3v) is 2.77. The molecule has 0 bridgehead atoms. The van der Waals surface area contributed by atoms with Crippen LogP contribution in [0.1, 0.15) is 6.92 Å². The van der Waals surface area contributed by atoms with Crippen LogP contribution in [0.4, 0.5) is 10.1 Å². The fourth-order valence-corrected chi connectivity index (χ4v) is 2.00. The zero-order valence-corrected chi connectivity index (χ0v) is 9.45. The van der Waals surface area contributed by atoms with E-state index in [2.05, 4.69) is 17.1 Å². The van der Waals surface area contributed by atoms with Gasteiger partial charge < -0.3 is 15.0 Å². The van der Waals surface area contributed by atoms with Crippen molar-refractivity contribution in [3.05, 3.63) is 24.3 Å². The Labute approximate surface area is 95.2 Å². The Morgan fingerprint density at radius 1 is 1.56 bits per heavy atom. The molecule has 0 spiro atoms. The van der Waals surface area contributed by atoms with Crippen LogP contribution >= 0.6 is 0 Å². The van der Waals surface area contributed by atoms with Crippen molar-refractivity contribution in [2.45, 2.75) is 13.0 Å². The highest BCUT2D eigenvalue weighted by Crippen LogP contribution is 2.22. The number of ether oxygens (including phenoxy) is 1. The molecular weight excluding hydrogens is 207 g/mol. The predicted molar refractivity (Wildman–Crippen MR) is 62.7 cm³/mol. The number of nitrogens with one attached hydrogen (secondary N) is 1. The minimum absolute atomic E-state index is 0.486. The molecule has 1 atom stereocenters. The lowest BCUT2D eigenvalue weighted by atomic mass is 10.2. The highest BCUT2D eigenvalue weighted by molar-refractivity contribution is 5.51. The summed E-state index contributed by atoms with van der Waals surface area (Å²) in [7, 11) is 0. The van der Waals surface area contributed by atoms with Crippen molar-refractivity contribution in [3.63, 3.8) is 0 Å². The van der Waals surface area contributed by atoms with Crippen molar-refractivity contribution in [1.82, 2.24) is 5.32 Å². The van der Waals surface area contributed by atoms with Gasteiger partial charge in [-0.1, -0.05) is 6.07 Å². The predicted octanol–water partition coefficient (Wildman–Crippen LogP) is 1.79. The maximum absolute atomic E-state index is 12.1. The number of piperazine rings is 1. The van der Waals surface area contributed by atoms with Crippen LogP contribution in [-0.4, -0.2) is 32.5 Å². The first-order valence-corrected chi connectivity index (χ1v) is 5.57. The first-order valence-electron chi connectivity index (χ1n) is 5.57. The second kappa shape index (κ2) is 5.16. The molecule has 1 fully saturated rings. The summed E-state index contributed by atoms with van der Waals surface area (Å²) in [6.07, 6.45) is 0. The minimum atomic E-state index is -0.776. The molecule has 0 aliphatic carbocycles. The molecule has 0 radical (unpaired) electrons. The van der Waals surface area contributed by atoms with E-state index in [0.717, 1.165) is 25.3 Å². The van der Waals surface area contributed by atoms with Crippen LogP contribution in [0.15, 0.2) is 24.3 Å². The largest absolute Gasteiger partial charge is 0.463 e. The number of rotatable bonds is 3. The average Bonchev–Trinajstić information content (AvgIpc) is 2.30. The molecule has 1 aromatic rings. The minimum Gasteiger partial charge on any atom is -0.463 e. The van der Waals surface area contributed by atoms with Gasteiger partial charge in [0.05, 0.1) is 0 Å². The first kappa shape index (κ1) is 11.2. The van der Waals surface area contributed by atoms with E-state index in [1.165, 1.54) is 0 Å². The summed E-state index contributed by atoms with van der Waals surface area (Å²) in [6.45, 7) is 4.31. The summed E-state index contributed by atoms with van der Waals surface area (Å²) >= 11 is 0. The summed E-state index contributed by atoms with van der Waals surface area (Å²) < 4.78 is 16.9. The third kappa shape index (κ3) is 2.64. The van der Waals surface area contributed by atoms with Gasteiger partial charge in [-0.3, -0.25) is 0 Å². The molecule has 3 nitrogen and oxygen atoms in total. The number of hydrogen-bond acceptors (Lipinski definition) is 3. The Hall–Kier alpha value is -1.29. The standard InChI is InChI=1S/C12H17FN2O/c1-10-8-15(6-5-14-10)11-3-2-4-12(7-11)16-9-13/h2-4,7,10,14H,5-6,8-9H2,1H3/t10-/m1/s1. The van der Waals surface area contributed by atoms with E-state index < -0.39 is 6.86 Å². The average molecular weight is 224 g/mol. The molecular formula is C12H17FN2O. The van der Waals surface area contributed by atoms with Gasteiger partial charge in [0.1, 0.15) is 5.75 Å².